The van der Waals surface area contributed by atoms with Gasteiger partial charge in [0.2, 0.25) is 0 Å². The monoisotopic (exact) mass is 195 g/mol. The molecule has 0 spiro atoms. The van der Waals surface area contributed by atoms with Crippen molar-refractivity contribution in [3.05, 3.63) is 0 Å². The molecular weight excluding hydrogens is 170 g/mol. The lowest BCUT2D eigenvalue weighted by Gasteiger charge is -2.21. The standard InChI is InChI=1S/C13H25N/c1-2-3-4-7-14-10-13-9-11-5-6-12(13)8-11/h11-14H,2-10H2,1H3. The van der Waals surface area contributed by atoms with Crippen molar-refractivity contribution in [1.82, 2.24) is 5.32 Å². The van der Waals surface area contributed by atoms with Gasteiger partial charge in [-0.1, -0.05) is 26.2 Å². The minimum atomic E-state index is 1.04. The number of unbranched alkanes of at least 4 members (excludes halogenated alkanes) is 2. The first-order chi connectivity index (χ1) is 6.90. The minimum Gasteiger partial charge on any atom is -0.316 e. The summed E-state index contributed by atoms with van der Waals surface area (Å²) in [5.41, 5.74) is 0. The fraction of sp³-hybridized carbons (Fsp3) is 1.00. The molecule has 1 nitrogen and oxygen atoms in total. The van der Waals surface area contributed by atoms with E-state index in [9.17, 15) is 0 Å². The first-order valence-electron chi connectivity index (χ1n) is 6.61. The van der Waals surface area contributed by atoms with Gasteiger partial charge in [0.25, 0.3) is 0 Å². The fourth-order valence-corrected chi connectivity index (χ4v) is 3.41. The van der Waals surface area contributed by atoms with Crippen LogP contribution in [0.2, 0.25) is 0 Å². The van der Waals surface area contributed by atoms with Crippen molar-refractivity contribution < 1.29 is 0 Å². The van der Waals surface area contributed by atoms with Crippen molar-refractivity contribution in [2.75, 3.05) is 13.1 Å². The molecule has 0 heterocycles. The van der Waals surface area contributed by atoms with Crippen LogP contribution in [-0.2, 0) is 0 Å². The molecule has 0 aromatic carbocycles. The third-order valence-corrected chi connectivity index (χ3v) is 4.25. The third kappa shape index (κ3) is 2.50. The van der Waals surface area contributed by atoms with E-state index in [0.29, 0.717) is 0 Å². The number of hydrogen-bond donors (Lipinski definition) is 1. The van der Waals surface area contributed by atoms with Crippen molar-refractivity contribution in [3.63, 3.8) is 0 Å². The van der Waals surface area contributed by atoms with E-state index >= 15 is 0 Å². The van der Waals surface area contributed by atoms with E-state index in [1.165, 1.54) is 51.6 Å². The van der Waals surface area contributed by atoms with Crippen molar-refractivity contribution in [1.29, 1.82) is 0 Å². The van der Waals surface area contributed by atoms with Crippen LogP contribution < -0.4 is 5.32 Å². The van der Waals surface area contributed by atoms with Gasteiger partial charge in [0, 0.05) is 0 Å². The number of fused-ring (bicyclic) bond motifs is 2. The second-order valence-electron chi connectivity index (χ2n) is 5.35. The van der Waals surface area contributed by atoms with Crippen molar-refractivity contribution in [3.8, 4) is 0 Å². The van der Waals surface area contributed by atoms with Gasteiger partial charge in [0.1, 0.15) is 0 Å². The average molecular weight is 195 g/mol. The van der Waals surface area contributed by atoms with Crippen LogP contribution in [0.5, 0.6) is 0 Å². The zero-order chi connectivity index (χ0) is 9.80. The van der Waals surface area contributed by atoms with Crippen LogP contribution >= 0.6 is 0 Å². The van der Waals surface area contributed by atoms with Crippen LogP contribution in [0, 0.1) is 17.8 Å². The maximum atomic E-state index is 3.65. The molecule has 2 rings (SSSR count). The van der Waals surface area contributed by atoms with Gasteiger partial charge in [-0.15, -0.1) is 0 Å². The normalized spacial score (nSPS) is 35.4. The molecule has 2 aliphatic rings. The summed E-state index contributed by atoms with van der Waals surface area (Å²) in [6, 6.07) is 0. The van der Waals surface area contributed by atoms with Gasteiger partial charge in [0.15, 0.2) is 0 Å². The molecule has 1 heteroatoms. The summed E-state index contributed by atoms with van der Waals surface area (Å²) in [4.78, 5) is 0. The topological polar surface area (TPSA) is 12.0 Å². The summed E-state index contributed by atoms with van der Waals surface area (Å²) in [5, 5.41) is 3.65. The molecule has 0 aromatic rings. The molecule has 0 aliphatic heterocycles. The Bertz CT molecular complexity index is 167. The molecule has 3 unspecified atom stereocenters. The number of nitrogens with one attached hydrogen (secondary N) is 1. The van der Waals surface area contributed by atoms with Crippen molar-refractivity contribution in [2.24, 2.45) is 17.8 Å². The van der Waals surface area contributed by atoms with Gasteiger partial charge in [-0.05, 0) is 56.5 Å². The Kier molecular flexibility index (Phi) is 3.86. The summed E-state index contributed by atoms with van der Waals surface area (Å²) < 4.78 is 0. The molecule has 0 amide bonds. The summed E-state index contributed by atoms with van der Waals surface area (Å²) in [6.07, 6.45) is 10.3. The minimum absolute atomic E-state index is 1.04. The van der Waals surface area contributed by atoms with Gasteiger partial charge >= 0.3 is 0 Å². The van der Waals surface area contributed by atoms with Gasteiger partial charge in [-0.3, -0.25) is 0 Å². The number of hydrogen-bond acceptors (Lipinski definition) is 1. The predicted molar refractivity (Wildman–Crippen MR) is 61.3 cm³/mol. The van der Waals surface area contributed by atoms with E-state index in [2.05, 4.69) is 12.2 Å². The van der Waals surface area contributed by atoms with Gasteiger partial charge in [0.05, 0.1) is 0 Å². The summed E-state index contributed by atoms with van der Waals surface area (Å²) in [6.45, 7) is 4.84. The van der Waals surface area contributed by atoms with Crippen LogP contribution in [0.3, 0.4) is 0 Å². The zero-order valence-electron chi connectivity index (χ0n) is 9.60. The van der Waals surface area contributed by atoms with Gasteiger partial charge in [-0.25, -0.2) is 0 Å². The largest absolute Gasteiger partial charge is 0.316 e. The molecule has 2 saturated carbocycles. The first kappa shape index (κ1) is 10.5. The highest BCUT2D eigenvalue weighted by Crippen LogP contribution is 2.47. The van der Waals surface area contributed by atoms with E-state index < -0.39 is 0 Å². The highest BCUT2D eigenvalue weighted by atomic mass is 14.9. The van der Waals surface area contributed by atoms with E-state index in [-0.39, 0.29) is 0 Å². The van der Waals surface area contributed by atoms with E-state index in [1.54, 1.807) is 6.42 Å². The molecule has 1 N–H and O–H groups in total. The predicted octanol–water partition coefficient (Wildman–Crippen LogP) is 3.20. The van der Waals surface area contributed by atoms with Crippen LogP contribution in [0.4, 0.5) is 0 Å². The third-order valence-electron chi connectivity index (χ3n) is 4.25. The Balaban J connectivity index is 1.54. The molecule has 2 fully saturated rings. The molecule has 2 aliphatic carbocycles. The molecular formula is C13H25N. The van der Waals surface area contributed by atoms with Crippen LogP contribution in [0.25, 0.3) is 0 Å². The lowest BCUT2D eigenvalue weighted by molar-refractivity contribution is 0.318. The Hall–Kier alpha value is -0.0400. The van der Waals surface area contributed by atoms with E-state index in [4.69, 9.17) is 0 Å². The highest BCUT2D eigenvalue weighted by Gasteiger charge is 2.38. The van der Waals surface area contributed by atoms with Crippen molar-refractivity contribution >= 4 is 0 Å². The fourth-order valence-electron chi connectivity index (χ4n) is 3.41. The maximum absolute atomic E-state index is 3.65. The Morgan fingerprint density at radius 3 is 2.71 bits per heavy atom. The summed E-state index contributed by atoms with van der Waals surface area (Å²) >= 11 is 0. The Morgan fingerprint density at radius 2 is 2.07 bits per heavy atom. The zero-order valence-corrected chi connectivity index (χ0v) is 9.60. The van der Waals surface area contributed by atoms with E-state index in [0.717, 1.165) is 17.8 Å². The first-order valence-corrected chi connectivity index (χ1v) is 6.61. The Labute approximate surface area is 88.7 Å². The van der Waals surface area contributed by atoms with Gasteiger partial charge < -0.3 is 5.32 Å². The Morgan fingerprint density at radius 1 is 1.14 bits per heavy atom. The quantitative estimate of drug-likeness (QED) is 0.642. The average Bonchev–Trinajstić information content (AvgIpc) is 2.79. The SMILES string of the molecule is CCCCCNCC1CC2CCC1C2. The lowest BCUT2D eigenvalue weighted by atomic mass is 9.89. The second kappa shape index (κ2) is 5.16. The highest BCUT2D eigenvalue weighted by molar-refractivity contribution is 4.90. The molecule has 3 atom stereocenters. The summed E-state index contributed by atoms with van der Waals surface area (Å²) in [5.74, 6) is 3.25. The van der Waals surface area contributed by atoms with Crippen molar-refractivity contribution in [2.45, 2.75) is 51.9 Å². The smallest absolute Gasteiger partial charge is 0.00178 e. The molecule has 0 radical (unpaired) electrons. The molecule has 82 valence electrons. The molecule has 14 heavy (non-hydrogen) atoms. The molecule has 0 aromatic heterocycles. The van der Waals surface area contributed by atoms with E-state index in [1.807, 2.05) is 0 Å². The maximum Gasteiger partial charge on any atom is -0.00178 e. The van der Waals surface area contributed by atoms with Crippen LogP contribution in [0.1, 0.15) is 51.9 Å². The molecule has 0 saturated heterocycles. The lowest BCUT2D eigenvalue weighted by Crippen LogP contribution is -2.27. The summed E-state index contributed by atoms with van der Waals surface area (Å²) in [7, 11) is 0. The number of rotatable bonds is 6. The molecule has 2 bridgehead atoms. The van der Waals surface area contributed by atoms with Gasteiger partial charge in [-0.2, -0.15) is 0 Å². The van der Waals surface area contributed by atoms with Crippen LogP contribution in [-0.4, -0.2) is 13.1 Å². The second-order valence-corrected chi connectivity index (χ2v) is 5.35. The van der Waals surface area contributed by atoms with Crippen LogP contribution in [0.15, 0.2) is 0 Å².